The minimum Gasteiger partial charge on any atom is -0.386 e. The van der Waals surface area contributed by atoms with Gasteiger partial charge in [-0.2, -0.15) is 5.10 Å². The Bertz CT molecular complexity index is 701. The van der Waals surface area contributed by atoms with Gasteiger partial charge in [0.25, 0.3) is 5.91 Å². The molecule has 0 aromatic carbocycles. The molecule has 0 saturated carbocycles. The molecule has 0 aliphatic carbocycles. The van der Waals surface area contributed by atoms with Crippen molar-refractivity contribution in [1.29, 1.82) is 0 Å². The zero-order valence-corrected chi connectivity index (χ0v) is 13.2. The fourth-order valence-electron chi connectivity index (χ4n) is 2.79. The van der Waals surface area contributed by atoms with E-state index in [9.17, 15) is 9.90 Å². The van der Waals surface area contributed by atoms with Crippen LogP contribution in [0.25, 0.3) is 0 Å². The van der Waals surface area contributed by atoms with E-state index >= 15 is 0 Å². The second kappa shape index (κ2) is 5.96. The molecule has 2 aromatic rings. The highest BCUT2D eigenvalue weighted by molar-refractivity contribution is 5.95. The van der Waals surface area contributed by atoms with Gasteiger partial charge < -0.3 is 15.3 Å². The number of amides is 1. The molecule has 1 fully saturated rings. The van der Waals surface area contributed by atoms with Crippen LogP contribution in [0.3, 0.4) is 0 Å². The Balaban J connectivity index is 1.60. The van der Waals surface area contributed by atoms with Gasteiger partial charge in [0, 0.05) is 38.7 Å². The molecule has 0 radical (unpaired) electrons. The number of β-amino-alcohol motifs (C(OH)–C–C–N with tert-alkyl or cyclic N) is 1. The number of nitrogens with zero attached hydrogens (tertiary/aromatic N) is 5. The van der Waals surface area contributed by atoms with E-state index in [1.54, 1.807) is 43.3 Å². The molecule has 1 atom stereocenters. The molecule has 2 aromatic heterocycles. The zero-order valence-electron chi connectivity index (χ0n) is 13.2. The number of carbonyl (C=O) groups is 1. The number of nitrogens with one attached hydrogen (secondary N) is 1. The molecule has 1 saturated heterocycles. The third-order valence-corrected chi connectivity index (χ3v) is 4.00. The van der Waals surface area contributed by atoms with Crippen LogP contribution in [0.15, 0.2) is 24.7 Å². The second-order valence-electron chi connectivity index (χ2n) is 5.93. The number of aromatic nitrogens is 4. The van der Waals surface area contributed by atoms with Crippen LogP contribution in [-0.2, 0) is 7.05 Å². The smallest absolute Gasteiger partial charge is 0.254 e. The summed E-state index contributed by atoms with van der Waals surface area (Å²) in [5, 5.41) is 17.6. The van der Waals surface area contributed by atoms with Gasteiger partial charge in [-0.15, -0.1) is 0 Å². The standard InChI is InChI=1S/C15H20N6O2/c1-11-12(8-20(2)19-11)13(22)18-9-15(23)4-7-21(10-15)14-16-5-3-6-17-14/h3,5-6,8,23H,4,7,9-10H2,1-2H3,(H,18,22)/t15-/m1/s1. The van der Waals surface area contributed by atoms with Gasteiger partial charge in [0.05, 0.1) is 17.8 Å². The van der Waals surface area contributed by atoms with E-state index in [2.05, 4.69) is 20.4 Å². The van der Waals surface area contributed by atoms with Crippen LogP contribution < -0.4 is 10.2 Å². The van der Waals surface area contributed by atoms with Crippen molar-refractivity contribution in [3.63, 3.8) is 0 Å². The number of aryl methyl sites for hydroxylation is 2. The SMILES string of the molecule is Cc1nn(C)cc1C(=O)NC[C@]1(O)CCN(c2ncccn2)C1. The van der Waals surface area contributed by atoms with Crippen molar-refractivity contribution in [2.75, 3.05) is 24.5 Å². The van der Waals surface area contributed by atoms with Gasteiger partial charge in [0.1, 0.15) is 5.60 Å². The van der Waals surface area contributed by atoms with Crippen LogP contribution in [0, 0.1) is 6.92 Å². The highest BCUT2D eigenvalue weighted by Gasteiger charge is 2.37. The van der Waals surface area contributed by atoms with Gasteiger partial charge in [-0.05, 0) is 19.4 Å². The Kier molecular flexibility index (Phi) is 3.99. The maximum Gasteiger partial charge on any atom is 0.254 e. The lowest BCUT2D eigenvalue weighted by atomic mass is 10.0. The predicted molar refractivity (Wildman–Crippen MR) is 84.1 cm³/mol. The quantitative estimate of drug-likeness (QED) is 0.817. The van der Waals surface area contributed by atoms with E-state index in [4.69, 9.17) is 0 Å². The van der Waals surface area contributed by atoms with Crippen LogP contribution in [0.1, 0.15) is 22.5 Å². The van der Waals surface area contributed by atoms with E-state index in [-0.39, 0.29) is 12.5 Å². The third kappa shape index (κ3) is 3.31. The van der Waals surface area contributed by atoms with Gasteiger partial charge >= 0.3 is 0 Å². The lowest BCUT2D eigenvalue weighted by molar-refractivity contribution is 0.0575. The Morgan fingerprint density at radius 2 is 2.17 bits per heavy atom. The highest BCUT2D eigenvalue weighted by Crippen LogP contribution is 2.23. The average Bonchev–Trinajstić information content (AvgIpc) is 3.09. The summed E-state index contributed by atoms with van der Waals surface area (Å²) in [5.41, 5.74) is 0.213. The summed E-state index contributed by atoms with van der Waals surface area (Å²) in [5.74, 6) is 0.372. The molecule has 3 rings (SSSR count). The number of anilines is 1. The van der Waals surface area contributed by atoms with Crippen molar-refractivity contribution in [3.8, 4) is 0 Å². The molecule has 8 heteroatoms. The van der Waals surface area contributed by atoms with Crippen molar-refractivity contribution >= 4 is 11.9 Å². The van der Waals surface area contributed by atoms with Crippen molar-refractivity contribution in [2.24, 2.45) is 7.05 Å². The molecule has 1 amide bonds. The maximum absolute atomic E-state index is 12.2. The van der Waals surface area contributed by atoms with Crippen LogP contribution in [-0.4, -0.2) is 56.0 Å². The Labute approximate surface area is 134 Å². The minimum atomic E-state index is -0.981. The van der Waals surface area contributed by atoms with Crippen molar-refractivity contribution in [3.05, 3.63) is 35.9 Å². The van der Waals surface area contributed by atoms with Gasteiger partial charge in [-0.1, -0.05) is 0 Å². The molecule has 23 heavy (non-hydrogen) atoms. The Morgan fingerprint density at radius 3 is 2.83 bits per heavy atom. The third-order valence-electron chi connectivity index (χ3n) is 4.00. The lowest BCUT2D eigenvalue weighted by Crippen LogP contribution is -2.45. The summed E-state index contributed by atoms with van der Waals surface area (Å²) in [7, 11) is 1.77. The van der Waals surface area contributed by atoms with Gasteiger partial charge in [-0.3, -0.25) is 9.48 Å². The molecule has 122 valence electrons. The predicted octanol–water partition coefficient (Wildman–Crippen LogP) is -0.110. The fraction of sp³-hybridized carbons (Fsp3) is 0.467. The number of carbonyl (C=O) groups excluding carboxylic acids is 1. The fourth-order valence-corrected chi connectivity index (χ4v) is 2.79. The average molecular weight is 316 g/mol. The molecule has 1 aliphatic heterocycles. The highest BCUT2D eigenvalue weighted by atomic mass is 16.3. The van der Waals surface area contributed by atoms with E-state index in [0.717, 1.165) is 0 Å². The van der Waals surface area contributed by atoms with Crippen molar-refractivity contribution < 1.29 is 9.90 Å². The zero-order chi connectivity index (χ0) is 16.4. The maximum atomic E-state index is 12.2. The van der Waals surface area contributed by atoms with Gasteiger partial charge in [0.2, 0.25) is 5.95 Å². The minimum absolute atomic E-state index is 0.184. The number of rotatable bonds is 4. The van der Waals surface area contributed by atoms with E-state index in [1.165, 1.54) is 0 Å². The molecule has 1 aliphatic rings. The molecule has 0 unspecified atom stereocenters. The summed E-state index contributed by atoms with van der Waals surface area (Å²) in [6.45, 7) is 3.02. The first-order chi connectivity index (χ1) is 11.0. The van der Waals surface area contributed by atoms with Crippen molar-refractivity contribution in [1.82, 2.24) is 25.1 Å². The molecular formula is C15H20N6O2. The molecule has 2 N–H and O–H groups in total. The largest absolute Gasteiger partial charge is 0.386 e. The number of aliphatic hydroxyl groups is 1. The van der Waals surface area contributed by atoms with E-state index < -0.39 is 5.60 Å². The number of hydrogen-bond acceptors (Lipinski definition) is 6. The molecule has 0 spiro atoms. The Hall–Kier alpha value is -2.48. The molecule has 3 heterocycles. The molecule has 0 bridgehead atoms. The summed E-state index contributed by atoms with van der Waals surface area (Å²) in [6, 6.07) is 1.75. The van der Waals surface area contributed by atoms with E-state index in [1.807, 2.05) is 4.90 Å². The molecule has 8 nitrogen and oxygen atoms in total. The Morgan fingerprint density at radius 1 is 1.43 bits per heavy atom. The van der Waals surface area contributed by atoms with E-state index in [0.29, 0.717) is 36.7 Å². The summed E-state index contributed by atoms with van der Waals surface area (Å²) in [6.07, 6.45) is 5.57. The van der Waals surface area contributed by atoms with Gasteiger partial charge in [-0.25, -0.2) is 9.97 Å². The van der Waals surface area contributed by atoms with Gasteiger partial charge in [0.15, 0.2) is 0 Å². The second-order valence-corrected chi connectivity index (χ2v) is 5.93. The van der Waals surface area contributed by atoms with Crippen LogP contribution in [0.2, 0.25) is 0 Å². The first kappa shape index (κ1) is 15.4. The summed E-state index contributed by atoms with van der Waals surface area (Å²) >= 11 is 0. The van der Waals surface area contributed by atoms with Crippen molar-refractivity contribution in [2.45, 2.75) is 18.9 Å². The normalized spacial score (nSPS) is 20.7. The lowest BCUT2D eigenvalue weighted by Gasteiger charge is -2.23. The van der Waals surface area contributed by atoms with Crippen LogP contribution >= 0.6 is 0 Å². The summed E-state index contributed by atoms with van der Waals surface area (Å²) < 4.78 is 1.60. The first-order valence-electron chi connectivity index (χ1n) is 7.50. The van der Waals surface area contributed by atoms with Crippen LogP contribution in [0.4, 0.5) is 5.95 Å². The summed E-state index contributed by atoms with van der Waals surface area (Å²) in [4.78, 5) is 22.5. The monoisotopic (exact) mass is 316 g/mol. The van der Waals surface area contributed by atoms with Crippen LogP contribution in [0.5, 0.6) is 0 Å². The topological polar surface area (TPSA) is 96.2 Å². The molecular weight excluding hydrogens is 296 g/mol. The number of hydrogen-bond donors (Lipinski definition) is 2. The first-order valence-corrected chi connectivity index (χ1v) is 7.50.